The molecule has 1 aliphatic carbocycles. The summed E-state index contributed by atoms with van der Waals surface area (Å²) in [5, 5.41) is 0. The van der Waals surface area contributed by atoms with Crippen LogP contribution < -0.4 is 5.73 Å². The molecule has 2 fully saturated rings. The smallest absolute Gasteiger partial charge is 0.240 e. The molecule has 2 N–H and O–H groups in total. The molecule has 1 aromatic rings. The third-order valence-electron chi connectivity index (χ3n) is 4.89. The monoisotopic (exact) mass is 272 g/mol. The van der Waals surface area contributed by atoms with Crippen molar-refractivity contribution in [2.24, 2.45) is 11.7 Å². The molecule has 0 bridgehead atoms. The zero-order valence-corrected chi connectivity index (χ0v) is 12.0. The predicted octanol–water partition coefficient (Wildman–Crippen LogP) is 2.35. The van der Waals surface area contributed by atoms with Crippen LogP contribution in [0.2, 0.25) is 0 Å². The average molecular weight is 272 g/mol. The van der Waals surface area contributed by atoms with E-state index in [1.54, 1.807) is 0 Å². The van der Waals surface area contributed by atoms with Crippen LogP contribution in [0.3, 0.4) is 0 Å². The maximum absolute atomic E-state index is 12.6. The molecule has 0 spiro atoms. The van der Waals surface area contributed by atoms with Gasteiger partial charge in [0.15, 0.2) is 0 Å². The quantitative estimate of drug-likeness (QED) is 0.918. The number of carbonyl (C=O) groups is 1. The Balaban J connectivity index is 1.65. The summed E-state index contributed by atoms with van der Waals surface area (Å²) < 4.78 is 0. The molecule has 20 heavy (non-hydrogen) atoms. The van der Waals surface area contributed by atoms with E-state index >= 15 is 0 Å². The van der Waals surface area contributed by atoms with E-state index in [9.17, 15) is 4.79 Å². The van der Waals surface area contributed by atoms with E-state index in [-0.39, 0.29) is 5.91 Å². The number of amides is 1. The minimum absolute atomic E-state index is 0.158. The summed E-state index contributed by atoms with van der Waals surface area (Å²) in [6.45, 7) is 0.905. The summed E-state index contributed by atoms with van der Waals surface area (Å²) >= 11 is 0. The molecule has 1 heterocycles. The number of likely N-dealkylation sites (tertiary alicyclic amines) is 1. The highest BCUT2D eigenvalue weighted by molar-refractivity contribution is 5.82. The van der Waals surface area contributed by atoms with Crippen molar-refractivity contribution in [1.82, 2.24) is 4.90 Å². The van der Waals surface area contributed by atoms with Gasteiger partial charge >= 0.3 is 0 Å². The number of fused-ring (bicyclic) bond motifs is 1. The molecule has 1 amide bonds. The fourth-order valence-electron chi connectivity index (χ4n) is 3.90. The number of piperidine rings is 1. The van der Waals surface area contributed by atoms with Gasteiger partial charge in [0.1, 0.15) is 0 Å². The summed E-state index contributed by atoms with van der Waals surface area (Å²) in [5.74, 6) is 0.891. The summed E-state index contributed by atoms with van der Waals surface area (Å²) in [6.07, 6.45) is 6.82. The number of nitrogens with zero attached hydrogens (tertiary/aromatic N) is 1. The molecule has 1 aromatic carbocycles. The summed E-state index contributed by atoms with van der Waals surface area (Å²) in [4.78, 5) is 14.7. The molecule has 2 aliphatic rings. The van der Waals surface area contributed by atoms with Crippen molar-refractivity contribution in [3.63, 3.8) is 0 Å². The van der Waals surface area contributed by atoms with Gasteiger partial charge in [0.2, 0.25) is 5.91 Å². The first kappa shape index (κ1) is 13.6. The Morgan fingerprint density at radius 3 is 2.75 bits per heavy atom. The fraction of sp³-hybridized carbons (Fsp3) is 0.588. The van der Waals surface area contributed by atoms with Crippen LogP contribution in [0.5, 0.6) is 0 Å². The molecule has 3 atom stereocenters. The van der Waals surface area contributed by atoms with Crippen LogP contribution in [0.1, 0.15) is 37.7 Å². The van der Waals surface area contributed by atoms with E-state index in [1.807, 2.05) is 30.3 Å². The van der Waals surface area contributed by atoms with Gasteiger partial charge in [0.25, 0.3) is 0 Å². The lowest BCUT2D eigenvalue weighted by Crippen LogP contribution is -2.52. The van der Waals surface area contributed by atoms with Crippen LogP contribution >= 0.6 is 0 Å². The highest BCUT2D eigenvalue weighted by Gasteiger charge is 2.38. The summed E-state index contributed by atoms with van der Waals surface area (Å²) in [6, 6.07) is 10.2. The molecule has 0 aromatic heterocycles. The van der Waals surface area contributed by atoms with Gasteiger partial charge in [-0.25, -0.2) is 0 Å². The van der Waals surface area contributed by atoms with Gasteiger partial charge < -0.3 is 10.6 Å². The van der Waals surface area contributed by atoms with Gasteiger partial charge in [0.05, 0.1) is 6.04 Å². The summed E-state index contributed by atoms with van der Waals surface area (Å²) in [7, 11) is 0. The Morgan fingerprint density at radius 2 is 1.95 bits per heavy atom. The van der Waals surface area contributed by atoms with Crippen molar-refractivity contribution in [2.75, 3.05) is 6.54 Å². The van der Waals surface area contributed by atoms with Gasteiger partial charge in [-0.15, -0.1) is 0 Å². The molecule has 1 aliphatic heterocycles. The van der Waals surface area contributed by atoms with Crippen molar-refractivity contribution >= 4 is 5.91 Å². The molecule has 1 saturated heterocycles. The largest absolute Gasteiger partial charge is 0.338 e. The van der Waals surface area contributed by atoms with Gasteiger partial charge in [-0.05, 0) is 43.6 Å². The Bertz CT molecular complexity index is 459. The number of hydrogen-bond acceptors (Lipinski definition) is 2. The molecular weight excluding hydrogens is 248 g/mol. The fourth-order valence-corrected chi connectivity index (χ4v) is 3.90. The number of nitrogens with two attached hydrogens (primary N) is 1. The van der Waals surface area contributed by atoms with E-state index < -0.39 is 6.04 Å². The second-order valence-electron chi connectivity index (χ2n) is 6.23. The van der Waals surface area contributed by atoms with Gasteiger partial charge in [-0.2, -0.15) is 0 Å². The second-order valence-corrected chi connectivity index (χ2v) is 6.23. The third-order valence-corrected chi connectivity index (χ3v) is 4.89. The SMILES string of the molecule is N[C@H](Cc1ccccc1)C(=O)N1CCCC2CCCC21. The van der Waals surface area contributed by atoms with Crippen molar-refractivity contribution in [3.8, 4) is 0 Å². The molecular formula is C17H24N2O. The lowest BCUT2D eigenvalue weighted by Gasteiger charge is -2.39. The lowest BCUT2D eigenvalue weighted by molar-refractivity contribution is -0.137. The second kappa shape index (κ2) is 5.96. The van der Waals surface area contributed by atoms with Crippen molar-refractivity contribution < 1.29 is 4.79 Å². The minimum atomic E-state index is -0.392. The van der Waals surface area contributed by atoms with E-state index in [4.69, 9.17) is 5.73 Å². The standard InChI is InChI=1S/C17H24N2O/c18-15(12-13-6-2-1-3-7-13)17(20)19-11-5-9-14-8-4-10-16(14)19/h1-3,6-7,14-16H,4-5,8-12,18H2/t14?,15-,16?/m1/s1. The van der Waals surface area contributed by atoms with E-state index in [2.05, 4.69) is 4.90 Å². The zero-order valence-electron chi connectivity index (χ0n) is 12.0. The normalized spacial score (nSPS) is 27.1. The van der Waals surface area contributed by atoms with Crippen LogP contribution in [0, 0.1) is 5.92 Å². The topological polar surface area (TPSA) is 46.3 Å². The van der Waals surface area contributed by atoms with Crippen molar-refractivity contribution in [1.29, 1.82) is 0 Å². The molecule has 108 valence electrons. The van der Waals surface area contributed by atoms with Crippen LogP contribution in [-0.2, 0) is 11.2 Å². The van der Waals surface area contributed by atoms with Crippen LogP contribution in [0.25, 0.3) is 0 Å². The number of rotatable bonds is 3. The Morgan fingerprint density at radius 1 is 1.20 bits per heavy atom. The van der Waals surface area contributed by atoms with Gasteiger partial charge in [-0.3, -0.25) is 4.79 Å². The lowest BCUT2D eigenvalue weighted by atomic mass is 9.91. The third kappa shape index (κ3) is 2.73. The molecule has 2 unspecified atom stereocenters. The molecule has 1 saturated carbocycles. The highest BCUT2D eigenvalue weighted by Crippen LogP contribution is 2.36. The molecule has 3 nitrogen and oxygen atoms in total. The van der Waals surface area contributed by atoms with E-state index in [0.29, 0.717) is 12.5 Å². The van der Waals surface area contributed by atoms with Crippen LogP contribution in [0.15, 0.2) is 30.3 Å². The first-order valence-electron chi connectivity index (χ1n) is 7.85. The maximum Gasteiger partial charge on any atom is 0.240 e. The molecule has 3 rings (SSSR count). The van der Waals surface area contributed by atoms with E-state index in [1.165, 1.54) is 25.7 Å². The van der Waals surface area contributed by atoms with Crippen LogP contribution in [-0.4, -0.2) is 29.4 Å². The predicted molar refractivity (Wildman–Crippen MR) is 80.2 cm³/mol. The Labute approximate surface area is 121 Å². The Kier molecular flexibility index (Phi) is 4.06. The molecule has 0 radical (unpaired) electrons. The summed E-state index contributed by atoms with van der Waals surface area (Å²) in [5.41, 5.74) is 7.32. The highest BCUT2D eigenvalue weighted by atomic mass is 16.2. The average Bonchev–Trinajstić information content (AvgIpc) is 2.96. The number of hydrogen-bond donors (Lipinski definition) is 1. The van der Waals surface area contributed by atoms with Crippen molar-refractivity contribution in [3.05, 3.63) is 35.9 Å². The van der Waals surface area contributed by atoms with Crippen LogP contribution in [0.4, 0.5) is 0 Å². The van der Waals surface area contributed by atoms with Gasteiger partial charge in [-0.1, -0.05) is 36.8 Å². The number of benzene rings is 1. The number of carbonyl (C=O) groups excluding carboxylic acids is 1. The Hall–Kier alpha value is -1.35. The first-order chi connectivity index (χ1) is 9.75. The zero-order chi connectivity index (χ0) is 13.9. The maximum atomic E-state index is 12.6. The minimum Gasteiger partial charge on any atom is -0.338 e. The van der Waals surface area contributed by atoms with Gasteiger partial charge in [0, 0.05) is 12.6 Å². The molecule has 3 heteroatoms. The van der Waals surface area contributed by atoms with E-state index in [0.717, 1.165) is 24.4 Å². The van der Waals surface area contributed by atoms with Crippen molar-refractivity contribution in [2.45, 2.75) is 50.6 Å². The first-order valence-corrected chi connectivity index (χ1v) is 7.85.